The molecule has 0 saturated carbocycles. The van der Waals surface area contributed by atoms with Crippen LogP contribution in [0.5, 0.6) is 0 Å². The van der Waals surface area contributed by atoms with Gasteiger partial charge in [-0.3, -0.25) is 0 Å². The van der Waals surface area contributed by atoms with Crippen LogP contribution in [0.1, 0.15) is 28.5 Å². The lowest BCUT2D eigenvalue weighted by Crippen LogP contribution is -2.24. The number of hydrogen-bond acceptors (Lipinski definition) is 2. The number of aliphatic hydroxyl groups is 1. The first-order valence-corrected chi connectivity index (χ1v) is 6.80. The van der Waals surface area contributed by atoms with Crippen LogP contribution in [-0.2, 0) is 12.0 Å². The Labute approximate surface area is 111 Å². The average Bonchev–Trinajstić information content (AvgIpc) is 2.69. The molecule has 0 amide bonds. The summed E-state index contributed by atoms with van der Waals surface area (Å²) in [4.78, 5) is 0.978. The average molecular weight is 264 g/mol. The van der Waals surface area contributed by atoms with E-state index in [4.69, 9.17) is 0 Å². The van der Waals surface area contributed by atoms with Crippen LogP contribution in [0.4, 0.5) is 4.39 Å². The minimum Gasteiger partial charge on any atom is -0.384 e. The molecule has 0 bridgehead atoms. The Hall–Kier alpha value is -1.19. The van der Waals surface area contributed by atoms with E-state index in [-0.39, 0.29) is 5.82 Å². The fourth-order valence-electron chi connectivity index (χ4n) is 2.23. The first kappa shape index (κ1) is 13.2. The maximum absolute atomic E-state index is 13.1. The van der Waals surface area contributed by atoms with Crippen molar-refractivity contribution >= 4 is 11.3 Å². The van der Waals surface area contributed by atoms with E-state index in [1.54, 1.807) is 17.4 Å². The summed E-state index contributed by atoms with van der Waals surface area (Å²) in [7, 11) is 0. The maximum Gasteiger partial charge on any atom is 0.123 e. The highest BCUT2D eigenvalue weighted by Crippen LogP contribution is 2.32. The van der Waals surface area contributed by atoms with E-state index in [2.05, 4.69) is 0 Å². The summed E-state index contributed by atoms with van der Waals surface area (Å²) in [5.74, 6) is -0.233. The molecule has 0 saturated heterocycles. The lowest BCUT2D eigenvalue weighted by Gasteiger charge is -2.24. The summed E-state index contributed by atoms with van der Waals surface area (Å²) in [5, 5.41) is 12.6. The standard InChI is InChI=1S/C15H17FOS/c1-10-6-7-18-14(10)15(3,17)9-12-4-5-13(16)8-11(12)2/h4-8,17H,9H2,1-3H3. The van der Waals surface area contributed by atoms with Crippen LogP contribution in [0.2, 0.25) is 0 Å². The minimum atomic E-state index is -0.902. The van der Waals surface area contributed by atoms with E-state index in [1.165, 1.54) is 12.1 Å². The molecule has 2 rings (SSSR count). The largest absolute Gasteiger partial charge is 0.384 e. The van der Waals surface area contributed by atoms with Gasteiger partial charge in [-0.05, 0) is 61.0 Å². The fraction of sp³-hybridized carbons (Fsp3) is 0.333. The van der Waals surface area contributed by atoms with E-state index < -0.39 is 5.60 Å². The normalized spacial score (nSPS) is 14.5. The molecule has 0 aliphatic carbocycles. The molecule has 1 atom stereocenters. The van der Waals surface area contributed by atoms with Crippen LogP contribution in [-0.4, -0.2) is 5.11 Å². The monoisotopic (exact) mass is 264 g/mol. The Kier molecular flexibility index (Phi) is 3.55. The molecular weight excluding hydrogens is 247 g/mol. The van der Waals surface area contributed by atoms with Crippen LogP contribution >= 0.6 is 11.3 Å². The van der Waals surface area contributed by atoms with Gasteiger partial charge in [-0.2, -0.15) is 0 Å². The molecule has 1 unspecified atom stereocenters. The molecule has 0 radical (unpaired) electrons. The van der Waals surface area contributed by atoms with Gasteiger partial charge >= 0.3 is 0 Å². The lowest BCUT2D eigenvalue weighted by atomic mass is 9.91. The third-order valence-corrected chi connectivity index (χ3v) is 4.46. The highest BCUT2D eigenvalue weighted by molar-refractivity contribution is 7.10. The second-order valence-electron chi connectivity index (χ2n) is 4.95. The molecule has 2 aromatic rings. The van der Waals surface area contributed by atoms with Crippen LogP contribution < -0.4 is 0 Å². The topological polar surface area (TPSA) is 20.2 Å². The zero-order valence-corrected chi connectivity index (χ0v) is 11.6. The molecule has 0 aliphatic rings. The quantitative estimate of drug-likeness (QED) is 0.890. The maximum atomic E-state index is 13.1. The van der Waals surface area contributed by atoms with Gasteiger partial charge in [0.15, 0.2) is 0 Å². The van der Waals surface area contributed by atoms with Crippen molar-refractivity contribution in [3.63, 3.8) is 0 Å². The second-order valence-corrected chi connectivity index (χ2v) is 5.87. The van der Waals surface area contributed by atoms with Gasteiger partial charge in [-0.25, -0.2) is 4.39 Å². The van der Waals surface area contributed by atoms with Crippen molar-refractivity contribution in [2.45, 2.75) is 32.8 Å². The zero-order valence-electron chi connectivity index (χ0n) is 10.8. The van der Waals surface area contributed by atoms with Crippen molar-refractivity contribution in [1.82, 2.24) is 0 Å². The van der Waals surface area contributed by atoms with E-state index in [0.29, 0.717) is 6.42 Å². The molecule has 96 valence electrons. The number of aryl methyl sites for hydroxylation is 2. The number of hydrogen-bond donors (Lipinski definition) is 1. The summed E-state index contributed by atoms with van der Waals surface area (Å²) in [6.07, 6.45) is 0.500. The molecular formula is C15H17FOS. The van der Waals surface area contributed by atoms with Gasteiger partial charge in [0.05, 0.1) is 0 Å². The molecule has 0 aliphatic heterocycles. The van der Waals surface area contributed by atoms with Crippen molar-refractivity contribution in [2.75, 3.05) is 0 Å². The Morgan fingerprint density at radius 3 is 2.50 bits per heavy atom. The fourth-order valence-corrected chi connectivity index (χ4v) is 3.22. The van der Waals surface area contributed by atoms with E-state index in [1.807, 2.05) is 32.2 Å². The highest BCUT2D eigenvalue weighted by atomic mass is 32.1. The third-order valence-electron chi connectivity index (χ3n) is 3.19. The van der Waals surface area contributed by atoms with Crippen molar-refractivity contribution < 1.29 is 9.50 Å². The Bertz CT molecular complexity index is 557. The lowest BCUT2D eigenvalue weighted by molar-refractivity contribution is 0.0607. The van der Waals surface area contributed by atoms with Crippen molar-refractivity contribution in [3.8, 4) is 0 Å². The van der Waals surface area contributed by atoms with Crippen LogP contribution in [0.3, 0.4) is 0 Å². The summed E-state index contributed by atoms with van der Waals surface area (Å²) in [6.45, 7) is 5.68. The van der Waals surface area contributed by atoms with Crippen molar-refractivity contribution in [1.29, 1.82) is 0 Å². The van der Waals surface area contributed by atoms with Crippen LogP contribution in [0.15, 0.2) is 29.6 Å². The van der Waals surface area contributed by atoms with Gasteiger partial charge < -0.3 is 5.11 Å². The highest BCUT2D eigenvalue weighted by Gasteiger charge is 2.27. The molecule has 1 heterocycles. The molecule has 0 fully saturated rings. The smallest absolute Gasteiger partial charge is 0.123 e. The second kappa shape index (κ2) is 4.82. The Morgan fingerprint density at radius 2 is 1.94 bits per heavy atom. The number of benzene rings is 1. The van der Waals surface area contributed by atoms with E-state index >= 15 is 0 Å². The Balaban J connectivity index is 2.30. The SMILES string of the molecule is Cc1cc(F)ccc1CC(C)(O)c1sccc1C. The van der Waals surface area contributed by atoms with Gasteiger partial charge in [-0.15, -0.1) is 11.3 Å². The van der Waals surface area contributed by atoms with Crippen molar-refractivity contribution in [3.05, 3.63) is 57.0 Å². The van der Waals surface area contributed by atoms with Crippen molar-refractivity contribution in [2.24, 2.45) is 0 Å². The molecule has 3 heteroatoms. The molecule has 1 aromatic carbocycles. The summed E-state index contributed by atoms with van der Waals surface area (Å²) in [5.41, 5.74) is 2.06. The predicted molar refractivity (Wildman–Crippen MR) is 73.5 cm³/mol. The zero-order chi connectivity index (χ0) is 13.3. The van der Waals surface area contributed by atoms with Crippen LogP contribution in [0.25, 0.3) is 0 Å². The van der Waals surface area contributed by atoms with E-state index in [0.717, 1.165) is 21.6 Å². The van der Waals surface area contributed by atoms with Gasteiger partial charge in [-0.1, -0.05) is 6.07 Å². The first-order valence-electron chi connectivity index (χ1n) is 5.92. The summed E-state index contributed by atoms with van der Waals surface area (Å²) >= 11 is 1.56. The van der Waals surface area contributed by atoms with Gasteiger partial charge in [0.1, 0.15) is 11.4 Å². The minimum absolute atomic E-state index is 0.233. The predicted octanol–water partition coefficient (Wildman–Crippen LogP) is 3.95. The molecule has 0 spiro atoms. The molecule has 1 aromatic heterocycles. The third kappa shape index (κ3) is 2.62. The van der Waals surface area contributed by atoms with Gasteiger partial charge in [0, 0.05) is 11.3 Å². The number of rotatable bonds is 3. The van der Waals surface area contributed by atoms with Crippen LogP contribution in [0, 0.1) is 19.7 Å². The van der Waals surface area contributed by atoms with Gasteiger partial charge in [0.25, 0.3) is 0 Å². The first-order chi connectivity index (χ1) is 8.40. The Morgan fingerprint density at radius 1 is 1.22 bits per heavy atom. The summed E-state index contributed by atoms with van der Waals surface area (Å²) in [6, 6.07) is 6.71. The molecule has 1 nitrogen and oxygen atoms in total. The molecule has 1 N–H and O–H groups in total. The summed E-state index contributed by atoms with van der Waals surface area (Å²) < 4.78 is 13.1. The number of thiophene rings is 1. The van der Waals surface area contributed by atoms with Gasteiger partial charge in [0.2, 0.25) is 0 Å². The van der Waals surface area contributed by atoms with E-state index in [9.17, 15) is 9.50 Å². The molecule has 18 heavy (non-hydrogen) atoms. The number of halogens is 1.